The van der Waals surface area contributed by atoms with Crippen molar-refractivity contribution in [2.24, 2.45) is 0 Å². The lowest BCUT2D eigenvalue weighted by atomic mass is 10.1. The van der Waals surface area contributed by atoms with Gasteiger partial charge in [0.1, 0.15) is 0 Å². The number of sulfonamides is 1. The van der Waals surface area contributed by atoms with E-state index < -0.39 is 10.0 Å². The van der Waals surface area contributed by atoms with Crippen molar-refractivity contribution in [3.63, 3.8) is 0 Å². The van der Waals surface area contributed by atoms with Crippen LogP contribution in [0.2, 0.25) is 0 Å². The summed E-state index contributed by atoms with van der Waals surface area (Å²) in [4.78, 5) is 5.76. The van der Waals surface area contributed by atoms with E-state index in [1.54, 1.807) is 12.1 Å². The summed E-state index contributed by atoms with van der Waals surface area (Å²) in [7, 11) is -3.46. The van der Waals surface area contributed by atoms with Crippen LogP contribution in [0.5, 0.6) is 0 Å². The van der Waals surface area contributed by atoms with Crippen LogP contribution < -0.4 is 4.72 Å². The fourth-order valence-corrected chi connectivity index (χ4v) is 3.62. The molecule has 0 aliphatic rings. The number of aromatic amines is 1. The Hall–Kier alpha value is -1.37. The van der Waals surface area contributed by atoms with Gasteiger partial charge in [0, 0.05) is 31.1 Å². The lowest BCUT2D eigenvalue weighted by molar-refractivity contribution is 0.309. The number of likely N-dealkylation sites (N-methyl/N-ethyl adjacent to an activating group) is 1. The van der Waals surface area contributed by atoms with Gasteiger partial charge in [-0.25, -0.2) is 13.1 Å². The van der Waals surface area contributed by atoms with Crippen LogP contribution in [0.4, 0.5) is 0 Å². The topological polar surface area (TPSA) is 65.2 Å². The number of H-pyrrole nitrogens is 1. The van der Waals surface area contributed by atoms with Crippen LogP contribution in [0.25, 0.3) is 10.9 Å². The zero-order chi connectivity index (χ0) is 18.3. The zero-order valence-corrected chi connectivity index (χ0v) is 16.5. The average Bonchev–Trinajstić information content (AvgIpc) is 2.87. The number of nitrogens with zero attached hydrogens (tertiary/aromatic N) is 1. The molecule has 0 aliphatic heterocycles. The van der Waals surface area contributed by atoms with Crippen LogP contribution in [0.3, 0.4) is 0 Å². The Labute approximate surface area is 148 Å². The van der Waals surface area contributed by atoms with E-state index in [1.165, 1.54) is 0 Å². The lowest BCUT2D eigenvalue weighted by Gasteiger charge is -2.18. The van der Waals surface area contributed by atoms with Crippen molar-refractivity contribution in [3.05, 3.63) is 29.5 Å². The highest BCUT2D eigenvalue weighted by Crippen LogP contribution is 2.24. The summed E-state index contributed by atoms with van der Waals surface area (Å²) in [6.07, 6.45) is 0. The Morgan fingerprint density at radius 3 is 2.38 bits per heavy atom. The molecule has 0 amide bonds. The number of hydrogen-bond donors (Lipinski definition) is 2. The van der Waals surface area contributed by atoms with Gasteiger partial charge in [-0.05, 0) is 50.7 Å². The SMILES string of the molecule is CC.CCN(CC)CCNS(=O)(=O)c1ccc2[nH]c(C)c(C)c2c1.[HH]. The molecule has 0 aliphatic carbocycles. The Kier molecular flexibility index (Phi) is 7.93. The summed E-state index contributed by atoms with van der Waals surface area (Å²) in [6.45, 7) is 15.1. The van der Waals surface area contributed by atoms with Crippen LogP contribution in [-0.2, 0) is 10.0 Å². The van der Waals surface area contributed by atoms with Crippen molar-refractivity contribution in [1.82, 2.24) is 14.6 Å². The maximum absolute atomic E-state index is 12.4. The molecule has 24 heavy (non-hydrogen) atoms. The first-order valence-electron chi connectivity index (χ1n) is 8.70. The molecule has 0 spiro atoms. The van der Waals surface area contributed by atoms with Crippen molar-refractivity contribution in [3.8, 4) is 0 Å². The van der Waals surface area contributed by atoms with E-state index in [4.69, 9.17) is 0 Å². The molecule has 6 heteroatoms. The summed E-state index contributed by atoms with van der Waals surface area (Å²) in [5.41, 5.74) is 3.13. The molecule has 0 bridgehead atoms. The number of aromatic nitrogens is 1. The van der Waals surface area contributed by atoms with Gasteiger partial charge in [-0.3, -0.25) is 0 Å². The average molecular weight is 356 g/mol. The smallest absolute Gasteiger partial charge is 0.240 e. The predicted octanol–water partition coefficient (Wildman–Crippen LogP) is 3.68. The fourth-order valence-electron chi connectivity index (χ4n) is 2.57. The molecular formula is C18H33N3O2S. The molecule has 138 valence electrons. The molecule has 5 nitrogen and oxygen atoms in total. The molecule has 0 saturated heterocycles. The third-order valence-electron chi connectivity index (χ3n) is 4.20. The summed E-state index contributed by atoms with van der Waals surface area (Å²) >= 11 is 0. The second-order valence-corrected chi connectivity index (χ2v) is 7.27. The van der Waals surface area contributed by atoms with Gasteiger partial charge in [0.2, 0.25) is 10.0 Å². The van der Waals surface area contributed by atoms with E-state index in [0.29, 0.717) is 11.4 Å². The Bertz CT molecular complexity index is 753. The van der Waals surface area contributed by atoms with Crippen molar-refractivity contribution in [2.45, 2.75) is 46.4 Å². The van der Waals surface area contributed by atoms with Gasteiger partial charge in [-0.2, -0.15) is 0 Å². The van der Waals surface area contributed by atoms with Crippen LogP contribution in [0, 0.1) is 13.8 Å². The van der Waals surface area contributed by atoms with Crippen molar-refractivity contribution in [2.75, 3.05) is 26.2 Å². The zero-order valence-electron chi connectivity index (χ0n) is 15.7. The number of benzene rings is 1. The van der Waals surface area contributed by atoms with E-state index >= 15 is 0 Å². The molecule has 1 heterocycles. The van der Waals surface area contributed by atoms with Crippen molar-refractivity contribution >= 4 is 20.9 Å². The van der Waals surface area contributed by atoms with Crippen LogP contribution >= 0.6 is 0 Å². The van der Waals surface area contributed by atoms with Gasteiger partial charge in [-0.15, -0.1) is 0 Å². The molecule has 2 N–H and O–H groups in total. The van der Waals surface area contributed by atoms with E-state index in [1.807, 2.05) is 33.8 Å². The second-order valence-electron chi connectivity index (χ2n) is 5.51. The second kappa shape index (κ2) is 9.20. The Morgan fingerprint density at radius 2 is 1.79 bits per heavy atom. The number of rotatable bonds is 7. The molecule has 2 rings (SSSR count). The van der Waals surface area contributed by atoms with Crippen molar-refractivity contribution < 1.29 is 9.84 Å². The van der Waals surface area contributed by atoms with Gasteiger partial charge in [0.25, 0.3) is 0 Å². The summed E-state index contributed by atoms with van der Waals surface area (Å²) < 4.78 is 27.5. The predicted molar refractivity (Wildman–Crippen MR) is 104 cm³/mol. The highest BCUT2D eigenvalue weighted by Gasteiger charge is 2.16. The molecule has 2 aromatic rings. The minimum Gasteiger partial charge on any atom is -0.358 e. The standard InChI is InChI=1S/C16H25N3O2S.C2H6.H2/c1-5-19(6-2)10-9-17-22(20,21)14-7-8-16-15(11-14)12(3)13(4)18-16;1-2;/h7-8,11,17-18H,5-6,9-10H2,1-4H3;1-2H3;1H. The highest BCUT2D eigenvalue weighted by molar-refractivity contribution is 7.89. The van der Waals surface area contributed by atoms with Gasteiger partial charge in [0.05, 0.1) is 4.90 Å². The highest BCUT2D eigenvalue weighted by atomic mass is 32.2. The molecule has 0 radical (unpaired) electrons. The minimum absolute atomic E-state index is 0. The van der Waals surface area contributed by atoms with Gasteiger partial charge < -0.3 is 9.88 Å². The van der Waals surface area contributed by atoms with Crippen LogP contribution in [0.1, 0.15) is 40.4 Å². The maximum Gasteiger partial charge on any atom is 0.240 e. The number of nitrogens with one attached hydrogen (secondary N) is 2. The number of aryl methyl sites for hydroxylation is 2. The van der Waals surface area contributed by atoms with E-state index in [2.05, 4.69) is 28.5 Å². The number of hydrogen-bond acceptors (Lipinski definition) is 3. The van der Waals surface area contributed by atoms with E-state index in [9.17, 15) is 8.42 Å². The molecule has 0 atom stereocenters. The first kappa shape index (κ1) is 20.7. The molecule has 1 aromatic carbocycles. The summed E-state index contributed by atoms with van der Waals surface area (Å²) in [6, 6.07) is 5.22. The fraction of sp³-hybridized carbons (Fsp3) is 0.556. The third kappa shape index (κ3) is 4.82. The molecule has 1 aromatic heterocycles. The Balaban J connectivity index is 0.00000185. The summed E-state index contributed by atoms with van der Waals surface area (Å²) in [5.74, 6) is 0. The maximum atomic E-state index is 12.4. The van der Waals surface area contributed by atoms with Gasteiger partial charge in [0.15, 0.2) is 0 Å². The normalized spacial score (nSPS) is 11.6. The van der Waals surface area contributed by atoms with E-state index in [-0.39, 0.29) is 1.43 Å². The first-order chi connectivity index (χ1) is 11.4. The van der Waals surface area contributed by atoms with Crippen LogP contribution in [-0.4, -0.2) is 44.5 Å². The monoisotopic (exact) mass is 355 g/mol. The first-order valence-corrected chi connectivity index (χ1v) is 10.2. The lowest BCUT2D eigenvalue weighted by Crippen LogP contribution is -2.34. The number of fused-ring (bicyclic) bond motifs is 1. The van der Waals surface area contributed by atoms with E-state index in [0.717, 1.165) is 41.8 Å². The van der Waals surface area contributed by atoms with Crippen molar-refractivity contribution in [1.29, 1.82) is 0 Å². The molecule has 0 saturated carbocycles. The quantitative estimate of drug-likeness (QED) is 0.796. The molecule has 0 fully saturated rings. The third-order valence-corrected chi connectivity index (χ3v) is 5.66. The molecule has 0 unspecified atom stereocenters. The Morgan fingerprint density at radius 1 is 1.17 bits per heavy atom. The van der Waals surface area contributed by atoms with Crippen LogP contribution in [0.15, 0.2) is 23.1 Å². The largest absolute Gasteiger partial charge is 0.358 e. The summed E-state index contributed by atoms with van der Waals surface area (Å²) in [5, 5.41) is 0.962. The van der Waals surface area contributed by atoms with Gasteiger partial charge >= 0.3 is 0 Å². The van der Waals surface area contributed by atoms with Gasteiger partial charge in [-0.1, -0.05) is 27.7 Å². The molecular weight excluding hydrogens is 322 g/mol. The minimum atomic E-state index is -3.46.